The summed E-state index contributed by atoms with van der Waals surface area (Å²) in [5.74, 6) is 1.89. The molecule has 2 fully saturated rings. The van der Waals surface area contributed by atoms with Gasteiger partial charge in [-0.1, -0.05) is 0 Å². The van der Waals surface area contributed by atoms with Crippen LogP contribution in [0.1, 0.15) is 29.0 Å². The minimum absolute atomic E-state index is 0.0113. The number of carbonyl (C=O) groups is 1. The van der Waals surface area contributed by atoms with Crippen LogP contribution < -0.4 is 4.90 Å². The lowest BCUT2D eigenvalue weighted by Gasteiger charge is -2.30. The summed E-state index contributed by atoms with van der Waals surface area (Å²) in [5.41, 5.74) is 1.25. The first-order valence-corrected chi connectivity index (χ1v) is 8.70. The van der Waals surface area contributed by atoms with Gasteiger partial charge in [-0.25, -0.2) is 9.97 Å². The molecular weight excluding hydrogens is 316 g/mol. The molecule has 0 bridgehead atoms. The second-order valence-electron chi connectivity index (χ2n) is 7.00. The monoisotopic (exact) mass is 338 g/mol. The maximum atomic E-state index is 12.7. The highest BCUT2D eigenvalue weighted by molar-refractivity contribution is 5.92. The summed E-state index contributed by atoms with van der Waals surface area (Å²) >= 11 is 0. The van der Waals surface area contributed by atoms with E-state index in [1.54, 1.807) is 31.0 Å². The van der Waals surface area contributed by atoms with Crippen molar-refractivity contribution >= 4 is 11.7 Å². The standard InChI is InChI=1S/C18H22N6O/c1-12-7-22-15(8-21-12)18(25)24-10-13-3-4-16(14(13)11-24)23(2)17-9-19-5-6-20-17/h5-9,13-14,16H,3-4,10-11H2,1-2H3/t13-,14+,16-/m1/s1. The van der Waals surface area contributed by atoms with Crippen molar-refractivity contribution in [3.05, 3.63) is 42.4 Å². The predicted molar refractivity (Wildman–Crippen MR) is 93.1 cm³/mol. The summed E-state index contributed by atoms with van der Waals surface area (Å²) < 4.78 is 0. The average molecular weight is 338 g/mol. The Bertz CT molecular complexity index is 750. The van der Waals surface area contributed by atoms with E-state index in [-0.39, 0.29) is 5.91 Å². The van der Waals surface area contributed by atoms with Crippen LogP contribution in [0, 0.1) is 18.8 Å². The Balaban J connectivity index is 1.48. The number of carbonyl (C=O) groups excluding carboxylic acids is 1. The molecule has 2 aromatic rings. The number of aromatic nitrogens is 4. The normalized spacial score (nSPS) is 25.0. The van der Waals surface area contributed by atoms with Crippen LogP contribution >= 0.6 is 0 Å². The Morgan fingerprint density at radius 1 is 1.12 bits per heavy atom. The number of amides is 1. The maximum absolute atomic E-state index is 12.7. The maximum Gasteiger partial charge on any atom is 0.274 e. The van der Waals surface area contributed by atoms with Gasteiger partial charge in [-0.2, -0.15) is 0 Å². The molecule has 2 aliphatic rings. The summed E-state index contributed by atoms with van der Waals surface area (Å²) in [6.07, 6.45) is 10.7. The van der Waals surface area contributed by atoms with Gasteiger partial charge in [0.25, 0.3) is 5.91 Å². The third-order valence-corrected chi connectivity index (χ3v) is 5.51. The lowest BCUT2D eigenvalue weighted by atomic mass is 9.97. The summed E-state index contributed by atoms with van der Waals surface area (Å²) in [7, 11) is 2.08. The molecule has 2 aromatic heterocycles. The van der Waals surface area contributed by atoms with Gasteiger partial charge in [0.15, 0.2) is 0 Å². The lowest BCUT2D eigenvalue weighted by molar-refractivity contribution is 0.0773. The van der Waals surface area contributed by atoms with E-state index in [9.17, 15) is 4.79 Å². The van der Waals surface area contributed by atoms with Gasteiger partial charge in [0, 0.05) is 50.7 Å². The van der Waals surface area contributed by atoms with Crippen molar-refractivity contribution < 1.29 is 4.79 Å². The van der Waals surface area contributed by atoms with Crippen LogP contribution in [0.5, 0.6) is 0 Å². The lowest BCUT2D eigenvalue weighted by Crippen LogP contribution is -2.39. The number of aryl methyl sites for hydroxylation is 1. The fourth-order valence-corrected chi connectivity index (χ4v) is 4.19. The minimum atomic E-state index is -0.0113. The molecule has 0 aromatic carbocycles. The van der Waals surface area contributed by atoms with Crippen LogP contribution in [0.25, 0.3) is 0 Å². The van der Waals surface area contributed by atoms with Crippen molar-refractivity contribution in [1.82, 2.24) is 24.8 Å². The Morgan fingerprint density at radius 3 is 2.72 bits per heavy atom. The third-order valence-electron chi connectivity index (χ3n) is 5.51. The van der Waals surface area contributed by atoms with Crippen LogP contribution in [0.4, 0.5) is 5.82 Å². The first-order chi connectivity index (χ1) is 12.1. The van der Waals surface area contributed by atoms with E-state index in [1.807, 2.05) is 11.8 Å². The van der Waals surface area contributed by atoms with Crippen LogP contribution in [-0.4, -0.2) is 56.9 Å². The van der Waals surface area contributed by atoms with Crippen LogP contribution in [0.2, 0.25) is 0 Å². The molecule has 1 aliphatic carbocycles. The SMILES string of the molecule is Cc1cnc(C(=O)N2C[C@H]3CC[C@@H](N(C)c4cnccn4)[C@H]3C2)cn1. The Labute approximate surface area is 147 Å². The molecule has 1 amide bonds. The summed E-state index contributed by atoms with van der Waals surface area (Å²) in [6.45, 7) is 3.45. The second-order valence-corrected chi connectivity index (χ2v) is 7.00. The van der Waals surface area contributed by atoms with Crippen LogP contribution in [0.3, 0.4) is 0 Å². The van der Waals surface area contributed by atoms with Crippen molar-refractivity contribution in [2.45, 2.75) is 25.8 Å². The zero-order chi connectivity index (χ0) is 17.4. The smallest absolute Gasteiger partial charge is 0.274 e. The van der Waals surface area contributed by atoms with Crippen molar-refractivity contribution in [2.75, 3.05) is 25.0 Å². The van der Waals surface area contributed by atoms with Gasteiger partial charge in [-0.3, -0.25) is 14.8 Å². The highest BCUT2D eigenvalue weighted by atomic mass is 16.2. The molecule has 1 aliphatic heterocycles. The van der Waals surface area contributed by atoms with E-state index in [2.05, 4.69) is 31.9 Å². The molecular formula is C18H22N6O. The van der Waals surface area contributed by atoms with Gasteiger partial charge in [0.1, 0.15) is 11.5 Å². The van der Waals surface area contributed by atoms with Gasteiger partial charge in [0.2, 0.25) is 0 Å². The van der Waals surface area contributed by atoms with Gasteiger partial charge < -0.3 is 9.80 Å². The van der Waals surface area contributed by atoms with Gasteiger partial charge in [-0.15, -0.1) is 0 Å². The van der Waals surface area contributed by atoms with Crippen molar-refractivity contribution in [3.8, 4) is 0 Å². The molecule has 0 spiro atoms. The van der Waals surface area contributed by atoms with E-state index in [4.69, 9.17) is 0 Å². The van der Waals surface area contributed by atoms with E-state index in [0.29, 0.717) is 23.6 Å². The fourth-order valence-electron chi connectivity index (χ4n) is 4.19. The molecule has 1 saturated carbocycles. The molecule has 7 heteroatoms. The molecule has 0 radical (unpaired) electrons. The number of anilines is 1. The number of fused-ring (bicyclic) bond motifs is 1. The molecule has 3 heterocycles. The number of likely N-dealkylation sites (tertiary alicyclic amines) is 1. The van der Waals surface area contributed by atoms with E-state index in [1.165, 1.54) is 0 Å². The van der Waals surface area contributed by atoms with E-state index < -0.39 is 0 Å². The zero-order valence-corrected chi connectivity index (χ0v) is 14.5. The van der Waals surface area contributed by atoms with Crippen molar-refractivity contribution in [2.24, 2.45) is 11.8 Å². The summed E-state index contributed by atoms with van der Waals surface area (Å²) in [4.78, 5) is 33.9. The molecule has 4 rings (SSSR count). The fraction of sp³-hybridized carbons (Fsp3) is 0.500. The van der Waals surface area contributed by atoms with Crippen molar-refractivity contribution in [3.63, 3.8) is 0 Å². The first kappa shape index (κ1) is 15.9. The van der Waals surface area contributed by atoms with Gasteiger partial charge in [0.05, 0.1) is 18.1 Å². The third kappa shape index (κ3) is 2.94. The summed E-state index contributed by atoms with van der Waals surface area (Å²) in [5, 5.41) is 0. The first-order valence-electron chi connectivity index (χ1n) is 8.70. The average Bonchev–Trinajstić information content (AvgIpc) is 3.22. The molecule has 3 atom stereocenters. The van der Waals surface area contributed by atoms with E-state index in [0.717, 1.165) is 37.4 Å². The molecule has 7 nitrogen and oxygen atoms in total. The highest BCUT2D eigenvalue weighted by Gasteiger charge is 2.46. The molecule has 0 unspecified atom stereocenters. The van der Waals surface area contributed by atoms with Gasteiger partial charge in [-0.05, 0) is 25.7 Å². The molecule has 130 valence electrons. The van der Waals surface area contributed by atoms with Crippen LogP contribution in [-0.2, 0) is 0 Å². The molecule has 1 saturated heterocycles. The highest BCUT2D eigenvalue weighted by Crippen LogP contribution is 2.41. The van der Waals surface area contributed by atoms with E-state index >= 15 is 0 Å². The topological polar surface area (TPSA) is 75.1 Å². The quantitative estimate of drug-likeness (QED) is 0.845. The molecule has 25 heavy (non-hydrogen) atoms. The molecule has 0 N–H and O–H groups in total. The van der Waals surface area contributed by atoms with Crippen LogP contribution in [0.15, 0.2) is 31.0 Å². The zero-order valence-electron chi connectivity index (χ0n) is 14.5. The summed E-state index contributed by atoms with van der Waals surface area (Å²) in [6, 6.07) is 0.392. The number of rotatable bonds is 3. The Morgan fingerprint density at radius 2 is 2.00 bits per heavy atom. The largest absolute Gasteiger partial charge is 0.355 e. The van der Waals surface area contributed by atoms with Gasteiger partial charge >= 0.3 is 0 Å². The second kappa shape index (κ2) is 6.38. The number of nitrogens with zero attached hydrogens (tertiary/aromatic N) is 6. The predicted octanol–water partition coefficient (Wildman–Crippen LogP) is 1.56. The minimum Gasteiger partial charge on any atom is -0.355 e. The Kier molecular flexibility index (Phi) is 4.07. The number of hydrogen-bond acceptors (Lipinski definition) is 6. The number of hydrogen-bond donors (Lipinski definition) is 0. The Hall–Kier alpha value is -2.57. The van der Waals surface area contributed by atoms with Crippen molar-refractivity contribution in [1.29, 1.82) is 0 Å².